The third kappa shape index (κ3) is 4.67. The fourth-order valence-electron chi connectivity index (χ4n) is 3.46. The van der Waals surface area contributed by atoms with Gasteiger partial charge in [0, 0.05) is 11.5 Å². The maximum atomic E-state index is 12.8. The number of hydrogen-bond donors (Lipinski definition) is 2. The van der Waals surface area contributed by atoms with Crippen LogP contribution in [0.25, 0.3) is 21.3 Å². The lowest BCUT2D eigenvalue weighted by Gasteiger charge is -2.23. The Morgan fingerprint density at radius 2 is 1.88 bits per heavy atom. The number of amides is 1. The summed E-state index contributed by atoms with van der Waals surface area (Å²) in [5.74, 6) is -0.172. The van der Waals surface area contributed by atoms with E-state index in [1.165, 1.54) is 10.7 Å². The molecule has 0 spiro atoms. The van der Waals surface area contributed by atoms with Crippen LogP contribution in [0.2, 0.25) is 0 Å². The minimum Gasteiger partial charge on any atom is -0.351 e. The minimum absolute atomic E-state index is 0.0120. The number of benzene rings is 1. The number of fused-ring (bicyclic) bond motifs is 1. The number of aromatic amines is 1. The molecular weight excluding hydrogens is 426 g/mol. The molecule has 1 aromatic carbocycles. The average molecular weight is 450 g/mol. The quantitative estimate of drug-likeness (QED) is 0.451. The van der Waals surface area contributed by atoms with Gasteiger partial charge in [-0.1, -0.05) is 38.1 Å². The number of nitrogens with zero attached hydrogens (tertiary/aromatic N) is 3. The molecule has 0 saturated carbocycles. The van der Waals surface area contributed by atoms with Gasteiger partial charge in [0.15, 0.2) is 0 Å². The molecule has 0 fully saturated rings. The molecule has 1 amide bonds. The van der Waals surface area contributed by atoms with Crippen LogP contribution in [0.15, 0.2) is 63.5 Å². The van der Waals surface area contributed by atoms with E-state index in [-0.39, 0.29) is 42.0 Å². The van der Waals surface area contributed by atoms with Crippen molar-refractivity contribution in [1.29, 1.82) is 0 Å². The van der Waals surface area contributed by atoms with Crippen LogP contribution >= 0.6 is 11.3 Å². The predicted octanol–water partition coefficient (Wildman–Crippen LogP) is 2.59. The van der Waals surface area contributed by atoms with Crippen molar-refractivity contribution in [2.24, 2.45) is 5.92 Å². The van der Waals surface area contributed by atoms with E-state index in [0.29, 0.717) is 16.5 Å². The second-order valence-corrected chi connectivity index (χ2v) is 8.80. The summed E-state index contributed by atoms with van der Waals surface area (Å²) < 4.78 is 1.40. The van der Waals surface area contributed by atoms with Crippen LogP contribution in [-0.2, 0) is 17.8 Å². The van der Waals surface area contributed by atoms with Crippen LogP contribution in [0.3, 0.4) is 0 Å². The van der Waals surface area contributed by atoms with Crippen molar-refractivity contribution >= 4 is 28.0 Å². The van der Waals surface area contributed by atoms with Gasteiger partial charge in [-0.3, -0.25) is 14.4 Å². The third-order valence-electron chi connectivity index (χ3n) is 5.26. The number of hydrogen-bond acceptors (Lipinski definition) is 6. The van der Waals surface area contributed by atoms with Gasteiger partial charge in [-0.2, -0.15) is 10.2 Å². The molecular formula is C23H23N5O3S. The molecule has 0 aliphatic heterocycles. The van der Waals surface area contributed by atoms with Crippen molar-refractivity contribution in [3.8, 4) is 10.6 Å². The predicted molar refractivity (Wildman–Crippen MR) is 125 cm³/mol. The van der Waals surface area contributed by atoms with E-state index >= 15 is 0 Å². The number of carbonyl (C=O) groups is 1. The first-order valence-electron chi connectivity index (χ1n) is 10.3. The van der Waals surface area contributed by atoms with E-state index in [2.05, 4.69) is 20.6 Å². The van der Waals surface area contributed by atoms with Crippen molar-refractivity contribution < 1.29 is 4.79 Å². The Balaban J connectivity index is 1.53. The number of H-pyrrole nitrogens is 1. The Morgan fingerprint density at radius 3 is 2.59 bits per heavy atom. The molecule has 0 saturated heterocycles. The zero-order valence-corrected chi connectivity index (χ0v) is 18.6. The maximum Gasteiger partial charge on any atom is 0.272 e. The largest absolute Gasteiger partial charge is 0.351 e. The second kappa shape index (κ2) is 9.27. The lowest BCUT2D eigenvalue weighted by molar-refractivity contribution is -0.121. The first-order chi connectivity index (χ1) is 15.4. The Labute approximate surface area is 187 Å². The molecule has 0 bridgehead atoms. The summed E-state index contributed by atoms with van der Waals surface area (Å²) >= 11 is 1.55. The number of aromatic nitrogens is 4. The van der Waals surface area contributed by atoms with Crippen LogP contribution in [0.4, 0.5) is 0 Å². The fourth-order valence-corrected chi connectivity index (χ4v) is 4.15. The molecule has 1 atom stereocenters. The SMILES string of the molecule is CC(C)[C@H](Cn1nc(-c2cccs2)ccc1=O)NC(=O)Cc1n[nH]c(=O)c2ccccc12. The van der Waals surface area contributed by atoms with Crippen LogP contribution in [-0.4, -0.2) is 31.9 Å². The molecule has 4 rings (SSSR count). The van der Waals surface area contributed by atoms with Gasteiger partial charge in [0.1, 0.15) is 5.69 Å². The van der Waals surface area contributed by atoms with E-state index in [1.54, 1.807) is 41.7 Å². The Kier molecular flexibility index (Phi) is 6.27. The number of rotatable bonds is 7. The topological polar surface area (TPSA) is 110 Å². The lowest BCUT2D eigenvalue weighted by Crippen LogP contribution is -2.44. The molecule has 2 N–H and O–H groups in total. The Hall–Kier alpha value is -3.59. The van der Waals surface area contributed by atoms with Crippen LogP contribution in [0.5, 0.6) is 0 Å². The van der Waals surface area contributed by atoms with Gasteiger partial charge in [0.05, 0.1) is 35.0 Å². The zero-order chi connectivity index (χ0) is 22.7. The van der Waals surface area contributed by atoms with Gasteiger partial charge in [0.2, 0.25) is 5.91 Å². The monoisotopic (exact) mass is 449 g/mol. The molecule has 0 unspecified atom stereocenters. The number of nitrogens with one attached hydrogen (secondary N) is 2. The van der Waals surface area contributed by atoms with E-state index < -0.39 is 0 Å². The minimum atomic E-state index is -0.305. The molecule has 3 heterocycles. The van der Waals surface area contributed by atoms with Crippen LogP contribution in [0, 0.1) is 5.92 Å². The van der Waals surface area contributed by atoms with E-state index in [9.17, 15) is 14.4 Å². The van der Waals surface area contributed by atoms with Gasteiger partial charge in [-0.15, -0.1) is 11.3 Å². The summed E-state index contributed by atoms with van der Waals surface area (Å²) in [6, 6.07) is 13.8. The summed E-state index contributed by atoms with van der Waals surface area (Å²) in [6.07, 6.45) is 0.0120. The highest BCUT2D eigenvalue weighted by molar-refractivity contribution is 7.13. The van der Waals surface area contributed by atoms with Gasteiger partial charge >= 0.3 is 0 Å². The highest BCUT2D eigenvalue weighted by atomic mass is 32.1. The number of carbonyl (C=O) groups excluding carboxylic acids is 1. The van der Waals surface area contributed by atoms with Crippen LogP contribution in [0.1, 0.15) is 19.5 Å². The molecule has 8 nitrogen and oxygen atoms in total. The Bertz CT molecular complexity index is 1360. The van der Waals surface area contributed by atoms with E-state index in [0.717, 1.165) is 10.6 Å². The first kappa shape index (κ1) is 21.6. The fraction of sp³-hybridized carbons (Fsp3) is 0.261. The normalized spacial score (nSPS) is 12.2. The van der Waals surface area contributed by atoms with Crippen molar-refractivity contribution in [3.05, 3.63) is 80.3 Å². The number of thiophene rings is 1. The third-order valence-corrected chi connectivity index (χ3v) is 6.16. The second-order valence-electron chi connectivity index (χ2n) is 7.86. The van der Waals surface area contributed by atoms with Gasteiger partial charge in [-0.25, -0.2) is 9.78 Å². The molecule has 32 heavy (non-hydrogen) atoms. The lowest BCUT2D eigenvalue weighted by atomic mass is 10.0. The van der Waals surface area contributed by atoms with Crippen molar-refractivity contribution in [3.63, 3.8) is 0 Å². The van der Waals surface area contributed by atoms with Gasteiger partial charge < -0.3 is 5.32 Å². The summed E-state index contributed by atoms with van der Waals surface area (Å²) in [6.45, 7) is 4.21. The molecule has 4 aromatic rings. The summed E-state index contributed by atoms with van der Waals surface area (Å²) in [5, 5.41) is 17.1. The smallest absolute Gasteiger partial charge is 0.272 e. The van der Waals surface area contributed by atoms with Gasteiger partial charge in [0.25, 0.3) is 11.1 Å². The van der Waals surface area contributed by atoms with Crippen molar-refractivity contribution in [2.45, 2.75) is 32.9 Å². The maximum absolute atomic E-state index is 12.8. The van der Waals surface area contributed by atoms with Crippen molar-refractivity contribution in [1.82, 2.24) is 25.3 Å². The highest BCUT2D eigenvalue weighted by Crippen LogP contribution is 2.21. The van der Waals surface area contributed by atoms with Gasteiger partial charge in [-0.05, 0) is 29.5 Å². The molecule has 0 aliphatic carbocycles. The highest BCUT2D eigenvalue weighted by Gasteiger charge is 2.20. The Morgan fingerprint density at radius 1 is 1.09 bits per heavy atom. The molecule has 0 aliphatic rings. The average Bonchev–Trinajstić information content (AvgIpc) is 3.32. The van der Waals surface area contributed by atoms with Crippen molar-refractivity contribution in [2.75, 3.05) is 0 Å². The summed E-state index contributed by atoms with van der Waals surface area (Å²) in [5.41, 5.74) is 0.701. The van der Waals surface area contributed by atoms with Crippen LogP contribution < -0.4 is 16.4 Å². The first-order valence-corrected chi connectivity index (χ1v) is 11.2. The summed E-state index contributed by atoms with van der Waals surface area (Å²) in [7, 11) is 0. The molecule has 9 heteroatoms. The molecule has 3 aromatic heterocycles. The van der Waals surface area contributed by atoms with E-state index in [4.69, 9.17) is 0 Å². The summed E-state index contributed by atoms with van der Waals surface area (Å²) in [4.78, 5) is 38.2. The standard InChI is InChI=1S/C23H23N5O3S/c1-14(2)19(13-28-22(30)10-9-17(27-28)20-8-5-11-32-20)24-21(29)12-18-15-6-3-4-7-16(15)23(31)26-25-18/h3-11,14,19H,12-13H2,1-2H3,(H,24,29)(H,26,31)/t19-/m0/s1. The zero-order valence-electron chi connectivity index (χ0n) is 17.7. The molecule has 0 radical (unpaired) electrons. The van der Waals surface area contributed by atoms with E-state index in [1.807, 2.05) is 31.4 Å². The molecule has 164 valence electrons.